The topological polar surface area (TPSA) is 90.6 Å². The second kappa shape index (κ2) is 6.58. The molecule has 6 nitrogen and oxygen atoms in total. The summed E-state index contributed by atoms with van der Waals surface area (Å²) < 4.78 is 22.7. The number of halogens is 1. The Kier molecular flexibility index (Phi) is 5.11. The number of anilines is 1. The van der Waals surface area contributed by atoms with Gasteiger partial charge in [0.15, 0.2) is 0 Å². The summed E-state index contributed by atoms with van der Waals surface area (Å²) in [6.07, 6.45) is -0.542. The highest BCUT2D eigenvalue weighted by atomic mass is 19.1. The van der Waals surface area contributed by atoms with Crippen molar-refractivity contribution < 1.29 is 23.5 Å². The molecule has 0 bridgehead atoms. The molecule has 0 heterocycles. The fraction of sp³-hybridized carbons (Fsp3) is 0.333. The van der Waals surface area contributed by atoms with E-state index in [0.717, 1.165) is 6.07 Å². The first-order valence-electron chi connectivity index (χ1n) is 5.48. The average Bonchev–Trinajstić information content (AvgIpc) is 2.41. The summed E-state index contributed by atoms with van der Waals surface area (Å²) in [6, 6.07) is 2.45. The minimum atomic E-state index is -0.718. The van der Waals surface area contributed by atoms with Crippen LogP contribution in [0.15, 0.2) is 12.1 Å². The molecule has 19 heavy (non-hydrogen) atoms. The van der Waals surface area contributed by atoms with Crippen molar-refractivity contribution in [2.75, 3.05) is 26.5 Å². The van der Waals surface area contributed by atoms with E-state index in [9.17, 15) is 14.0 Å². The van der Waals surface area contributed by atoms with Crippen LogP contribution in [0.1, 0.15) is 15.9 Å². The standard InChI is InChI=1S/C12H15FN2O4/c1-18-11(16)10-7(5-6-15-12(17)19-2)8(13)3-4-9(10)14/h3-4H,5-6,14H2,1-2H3,(H,15,17). The van der Waals surface area contributed by atoms with E-state index in [4.69, 9.17) is 5.73 Å². The first-order chi connectivity index (χ1) is 9.01. The Hall–Kier alpha value is -2.31. The van der Waals surface area contributed by atoms with Gasteiger partial charge in [-0.3, -0.25) is 0 Å². The van der Waals surface area contributed by atoms with Crippen LogP contribution in [0.4, 0.5) is 14.9 Å². The minimum absolute atomic E-state index is 0.0193. The van der Waals surface area contributed by atoms with Crippen molar-refractivity contribution in [2.24, 2.45) is 0 Å². The number of nitrogens with two attached hydrogens (primary N) is 1. The number of amides is 1. The van der Waals surface area contributed by atoms with Crippen LogP contribution in [0.5, 0.6) is 0 Å². The maximum Gasteiger partial charge on any atom is 0.406 e. The number of nitrogen functional groups attached to an aromatic ring is 1. The molecule has 0 aliphatic carbocycles. The summed E-state index contributed by atoms with van der Waals surface area (Å²) in [7, 11) is 2.40. The van der Waals surface area contributed by atoms with Crippen molar-refractivity contribution in [3.8, 4) is 0 Å². The summed E-state index contributed by atoms with van der Waals surface area (Å²) in [5.74, 6) is -1.30. The summed E-state index contributed by atoms with van der Waals surface area (Å²) >= 11 is 0. The molecule has 0 saturated carbocycles. The minimum Gasteiger partial charge on any atom is -0.465 e. The Balaban J connectivity index is 2.95. The van der Waals surface area contributed by atoms with Crippen molar-refractivity contribution in [3.63, 3.8) is 0 Å². The van der Waals surface area contributed by atoms with Crippen LogP contribution in [0.2, 0.25) is 0 Å². The third-order valence-corrected chi connectivity index (χ3v) is 2.51. The number of esters is 1. The number of hydrogen-bond donors (Lipinski definition) is 2. The Bertz CT molecular complexity index is 491. The SMILES string of the molecule is COC(=O)NCCc1c(F)ccc(N)c1C(=O)OC. The van der Waals surface area contributed by atoms with Gasteiger partial charge in [-0.1, -0.05) is 0 Å². The highest BCUT2D eigenvalue weighted by Crippen LogP contribution is 2.21. The molecule has 1 aromatic carbocycles. The van der Waals surface area contributed by atoms with E-state index in [2.05, 4.69) is 14.8 Å². The van der Waals surface area contributed by atoms with Gasteiger partial charge < -0.3 is 20.5 Å². The molecule has 0 fully saturated rings. The van der Waals surface area contributed by atoms with E-state index in [1.807, 2.05) is 0 Å². The fourth-order valence-electron chi connectivity index (χ4n) is 1.59. The first kappa shape index (κ1) is 14.7. The molecule has 0 unspecified atom stereocenters. The normalized spacial score (nSPS) is 9.84. The zero-order chi connectivity index (χ0) is 14.4. The maximum atomic E-state index is 13.7. The van der Waals surface area contributed by atoms with Gasteiger partial charge in [0.05, 0.1) is 19.8 Å². The summed E-state index contributed by atoms with van der Waals surface area (Å²) in [4.78, 5) is 22.5. The molecule has 1 aromatic rings. The molecule has 0 aliphatic rings. The molecule has 1 rings (SSSR count). The van der Waals surface area contributed by atoms with Crippen LogP contribution in [0.25, 0.3) is 0 Å². The number of rotatable bonds is 4. The highest BCUT2D eigenvalue weighted by molar-refractivity contribution is 5.96. The lowest BCUT2D eigenvalue weighted by molar-refractivity contribution is 0.0600. The molecule has 0 saturated heterocycles. The number of ether oxygens (including phenoxy) is 2. The first-order valence-corrected chi connectivity index (χ1v) is 5.48. The molecule has 0 spiro atoms. The maximum absolute atomic E-state index is 13.7. The van der Waals surface area contributed by atoms with E-state index >= 15 is 0 Å². The molecule has 1 amide bonds. The van der Waals surface area contributed by atoms with Gasteiger partial charge in [-0.15, -0.1) is 0 Å². The molecule has 7 heteroatoms. The number of benzene rings is 1. The van der Waals surface area contributed by atoms with Crippen molar-refractivity contribution in [1.29, 1.82) is 0 Å². The largest absolute Gasteiger partial charge is 0.465 e. The second-order valence-electron chi connectivity index (χ2n) is 3.65. The number of alkyl carbamates (subject to hydrolysis) is 1. The van der Waals surface area contributed by atoms with Gasteiger partial charge in [-0.05, 0) is 18.6 Å². The Morgan fingerprint density at radius 2 is 2.00 bits per heavy atom. The van der Waals surface area contributed by atoms with Crippen molar-refractivity contribution in [3.05, 3.63) is 29.1 Å². The van der Waals surface area contributed by atoms with E-state index in [1.165, 1.54) is 20.3 Å². The van der Waals surface area contributed by atoms with Crippen molar-refractivity contribution >= 4 is 17.7 Å². The van der Waals surface area contributed by atoms with E-state index in [-0.39, 0.29) is 29.8 Å². The summed E-state index contributed by atoms with van der Waals surface area (Å²) in [5, 5.41) is 2.39. The molecule has 104 valence electrons. The third kappa shape index (κ3) is 3.57. The van der Waals surface area contributed by atoms with E-state index in [0.29, 0.717) is 0 Å². The molecule has 0 atom stereocenters. The van der Waals surface area contributed by atoms with Gasteiger partial charge in [0.2, 0.25) is 0 Å². The number of hydrogen-bond acceptors (Lipinski definition) is 5. The highest BCUT2D eigenvalue weighted by Gasteiger charge is 2.19. The number of nitrogens with one attached hydrogen (secondary N) is 1. The van der Waals surface area contributed by atoms with Crippen molar-refractivity contribution in [2.45, 2.75) is 6.42 Å². The molecular weight excluding hydrogens is 255 g/mol. The quantitative estimate of drug-likeness (QED) is 0.631. The molecule has 3 N–H and O–H groups in total. The van der Waals surface area contributed by atoms with Crippen LogP contribution in [-0.2, 0) is 15.9 Å². The summed E-state index contributed by atoms with van der Waals surface area (Å²) in [6.45, 7) is 0.108. The van der Waals surface area contributed by atoms with Crippen LogP contribution < -0.4 is 11.1 Å². The van der Waals surface area contributed by atoms with E-state index in [1.54, 1.807) is 0 Å². The smallest absolute Gasteiger partial charge is 0.406 e. The zero-order valence-corrected chi connectivity index (χ0v) is 10.7. The average molecular weight is 270 g/mol. The molecule has 0 aromatic heterocycles. The lowest BCUT2D eigenvalue weighted by Gasteiger charge is -2.12. The van der Waals surface area contributed by atoms with Gasteiger partial charge in [-0.2, -0.15) is 0 Å². The second-order valence-corrected chi connectivity index (χ2v) is 3.65. The predicted octanol–water partition coefficient (Wildman–Crippen LogP) is 1.09. The monoisotopic (exact) mass is 270 g/mol. The van der Waals surface area contributed by atoms with Gasteiger partial charge in [0.25, 0.3) is 0 Å². The van der Waals surface area contributed by atoms with Crippen LogP contribution in [-0.4, -0.2) is 32.8 Å². The van der Waals surface area contributed by atoms with Crippen LogP contribution in [0, 0.1) is 5.82 Å². The zero-order valence-electron chi connectivity index (χ0n) is 10.7. The lowest BCUT2D eigenvalue weighted by Crippen LogP contribution is -2.26. The van der Waals surface area contributed by atoms with E-state index < -0.39 is 17.9 Å². The predicted molar refractivity (Wildman–Crippen MR) is 66.3 cm³/mol. The third-order valence-electron chi connectivity index (χ3n) is 2.51. The summed E-state index contributed by atoms with van der Waals surface area (Å²) in [5.41, 5.74) is 5.85. The van der Waals surface area contributed by atoms with Gasteiger partial charge >= 0.3 is 12.1 Å². The van der Waals surface area contributed by atoms with Gasteiger partial charge in [-0.25, -0.2) is 14.0 Å². The Labute approximate surface area is 109 Å². The molecule has 0 aliphatic heterocycles. The molecule has 0 radical (unpaired) electrons. The number of carbonyl (C=O) groups excluding carboxylic acids is 2. The number of carbonyl (C=O) groups is 2. The van der Waals surface area contributed by atoms with Gasteiger partial charge in [0.1, 0.15) is 5.82 Å². The van der Waals surface area contributed by atoms with Gasteiger partial charge in [0, 0.05) is 17.8 Å². The van der Waals surface area contributed by atoms with Crippen LogP contribution in [0.3, 0.4) is 0 Å². The Morgan fingerprint density at radius 3 is 2.58 bits per heavy atom. The Morgan fingerprint density at radius 1 is 1.32 bits per heavy atom. The van der Waals surface area contributed by atoms with Crippen LogP contribution >= 0.6 is 0 Å². The lowest BCUT2D eigenvalue weighted by atomic mass is 10.0. The van der Waals surface area contributed by atoms with Crippen molar-refractivity contribution in [1.82, 2.24) is 5.32 Å². The molecular formula is C12H15FN2O4. The number of methoxy groups -OCH3 is 2. The fourth-order valence-corrected chi connectivity index (χ4v) is 1.59.